The van der Waals surface area contributed by atoms with Gasteiger partial charge in [-0.15, -0.1) is 24.0 Å². The highest BCUT2D eigenvalue weighted by Crippen LogP contribution is 1.98. The van der Waals surface area contributed by atoms with Gasteiger partial charge in [-0.2, -0.15) is 0 Å². The van der Waals surface area contributed by atoms with Crippen LogP contribution >= 0.6 is 24.0 Å². The number of nitrogens with one attached hydrogen (secondary N) is 3. The van der Waals surface area contributed by atoms with E-state index in [-0.39, 0.29) is 54.4 Å². The van der Waals surface area contributed by atoms with E-state index >= 15 is 0 Å². The number of likely N-dealkylation sites (N-methyl/N-ethyl adjacent to an activating group) is 1. The lowest BCUT2D eigenvalue weighted by atomic mass is 10.1. The molecule has 0 unspecified atom stereocenters. The molecule has 0 aromatic carbocycles. The lowest BCUT2D eigenvalue weighted by molar-refractivity contribution is -0.122. The molecule has 136 valence electrons. The van der Waals surface area contributed by atoms with Crippen molar-refractivity contribution >= 4 is 41.8 Å². The van der Waals surface area contributed by atoms with E-state index < -0.39 is 0 Å². The lowest BCUT2D eigenvalue weighted by Crippen LogP contribution is -2.50. The maximum Gasteiger partial charge on any atom is 0.240 e. The highest BCUT2D eigenvalue weighted by atomic mass is 127. The maximum atomic E-state index is 11.9. The Morgan fingerprint density at radius 2 is 1.78 bits per heavy atom. The van der Waals surface area contributed by atoms with Crippen molar-refractivity contribution in [1.29, 1.82) is 0 Å². The zero-order valence-electron chi connectivity index (χ0n) is 14.9. The summed E-state index contributed by atoms with van der Waals surface area (Å²) >= 11 is 0. The van der Waals surface area contributed by atoms with Crippen LogP contribution in [0.25, 0.3) is 0 Å². The maximum absolute atomic E-state index is 11.9. The van der Waals surface area contributed by atoms with E-state index in [1.54, 1.807) is 26.1 Å². The predicted octanol–water partition coefficient (Wildman–Crippen LogP) is -0.211. The van der Waals surface area contributed by atoms with Crippen LogP contribution in [0.15, 0.2) is 4.99 Å². The second kappa shape index (κ2) is 12.3. The number of halogens is 1. The number of hydrogen-bond donors (Lipinski definition) is 3. The Bertz CT molecular complexity index is 396. The molecule has 0 aromatic heterocycles. The van der Waals surface area contributed by atoms with Gasteiger partial charge in [0.1, 0.15) is 0 Å². The Kier molecular flexibility index (Phi) is 13.0. The summed E-state index contributed by atoms with van der Waals surface area (Å²) in [4.78, 5) is 29.2. The van der Waals surface area contributed by atoms with E-state index in [4.69, 9.17) is 4.74 Å². The average molecular weight is 443 g/mol. The van der Waals surface area contributed by atoms with E-state index in [2.05, 4.69) is 20.9 Å². The molecule has 0 bridgehead atoms. The van der Waals surface area contributed by atoms with Crippen LogP contribution in [-0.2, 0) is 14.3 Å². The van der Waals surface area contributed by atoms with Crippen LogP contribution < -0.4 is 16.0 Å². The van der Waals surface area contributed by atoms with Crippen molar-refractivity contribution < 1.29 is 14.3 Å². The number of carbonyl (C=O) groups excluding carboxylic acids is 2. The molecule has 3 N–H and O–H groups in total. The first kappa shape index (κ1) is 24.2. The molecule has 23 heavy (non-hydrogen) atoms. The molecular weight excluding hydrogens is 413 g/mol. The fourth-order valence-corrected chi connectivity index (χ4v) is 1.65. The molecule has 0 rings (SSSR count). The van der Waals surface area contributed by atoms with E-state index in [9.17, 15) is 9.59 Å². The van der Waals surface area contributed by atoms with Gasteiger partial charge < -0.3 is 25.6 Å². The Morgan fingerprint density at radius 1 is 1.17 bits per heavy atom. The van der Waals surface area contributed by atoms with E-state index in [0.717, 1.165) is 0 Å². The number of guanidine groups is 1. The molecule has 0 saturated heterocycles. The number of methoxy groups -OCH3 is 1. The van der Waals surface area contributed by atoms with Gasteiger partial charge in [0.2, 0.25) is 11.8 Å². The molecule has 8 nitrogen and oxygen atoms in total. The number of carbonyl (C=O) groups is 2. The third kappa shape index (κ3) is 13.1. The SMILES string of the molecule is CN=C(NCC(=O)NCCOC)N(C)CC(=O)NC(C)(C)C.I. The summed E-state index contributed by atoms with van der Waals surface area (Å²) in [6.07, 6.45) is 0. The summed E-state index contributed by atoms with van der Waals surface area (Å²) in [7, 11) is 4.91. The predicted molar refractivity (Wildman–Crippen MR) is 102 cm³/mol. The second-order valence-electron chi connectivity index (χ2n) is 5.90. The first-order valence-corrected chi connectivity index (χ1v) is 7.18. The fraction of sp³-hybridized carbons (Fsp3) is 0.786. The molecule has 0 aliphatic carbocycles. The van der Waals surface area contributed by atoms with Crippen molar-refractivity contribution in [1.82, 2.24) is 20.9 Å². The van der Waals surface area contributed by atoms with Gasteiger partial charge in [-0.1, -0.05) is 0 Å². The van der Waals surface area contributed by atoms with Crippen LogP contribution in [0.2, 0.25) is 0 Å². The Hall–Kier alpha value is -1.10. The van der Waals surface area contributed by atoms with E-state index in [0.29, 0.717) is 19.1 Å². The van der Waals surface area contributed by atoms with Crippen LogP contribution in [0.4, 0.5) is 0 Å². The van der Waals surface area contributed by atoms with Crippen LogP contribution in [0.3, 0.4) is 0 Å². The number of rotatable bonds is 7. The number of aliphatic imine (C=N–C) groups is 1. The second-order valence-corrected chi connectivity index (χ2v) is 5.90. The highest BCUT2D eigenvalue weighted by molar-refractivity contribution is 14.0. The van der Waals surface area contributed by atoms with Gasteiger partial charge in [0, 0.05) is 33.3 Å². The molecule has 0 radical (unpaired) electrons. The normalized spacial score (nSPS) is 11.3. The number of amides is 2. The zero-order valence-corrected chi connectivity index (χ0v) is 17.2. The third-order valence-electron chi connectivity index (χ3n) is 2.50. The molecule has 0 heterocycles. The Labute approximate surface area is 155 Å². The van der Waals surface area contributed by atoms with Crippen LogP contribution in [0.5, 0.6) is 0 Å². The molecule has 0 fully saturated rings. The summed E-state index contributed by atoms with van der Waals surface area (Å²) in [5.41, 5.74) is -0.282. The summed E-state index contributed by atoms with van der Waals surface area (Å²) < 4.78 is 4.85. The van der Waals surface area contributed by atoms with Gasteiger partial charge in [0.25, 0.3) is 0 Å². The smallest absolute Gasteiger partial charge is 0.240 e. The largest absolute Gasteiger partial charge is 0.383 e. The third-order valence-corrected chi connectivity index (χ3v) is 2.50. The van der Waals surface area contributed by atoms with Gasteiger partial charge in [-0.25, -0.2) is 0 Å². The van der Waals surface area contributed by atoms with Gasteiger partial charge in [-0.05, 0) is 20.8 Å². The van der Waals surface area contributed by atoms with Gasteiger partial charge >= 0.3 is 0 Å². The Balaban J connectivity index is 0. The lowest BCUT2D eigenvalue weighted by Gasteiger charge is -2.25. The molecular formula is C14H30IN5O3. The van der Waals surface area contributed by atoms with E-state index in [1.165, 1.54) is 0 Å². The zero-order chi connectivity index (χ0) is 17.2. The number of hydrogen-bond acceptors (Lipinski definition) is 4. The monoisotopic (exact) mass is 443 g/mol. The molecule has 0 saturated carbocycles. The summed E-state index contributed by atoms with van der Waals surface area (Å²) in [5, 5.41) is 8.47. The first-order valence-electron chi connectivity index (χ1n) is 7.18. The van der Waals surface area contributed by atoms with Gasteiger partial charge in [-0.3, -0.25) is 14.6 Å². The highest BCUT2D eigenvalue weighted by Gasteiger charge is 2.17. The molecule has 0 spiro atoms. The van der Waals surface area contributed by atoms with Crippen LogP contribution in [-0.4, -0.2) is 75.7 Å². The quantitative estimate of drug-likeness (QED) is 0.219. The molecule has 0 aliphatic heterocycles. The fourth-order valence-electron chi connectivity index (χ4n) is 1.65. The summed E-state index contributed by atoms with van der Waals surface area (Å²) in [5.74, 6) is 0.208. The first-order chi connectivity index (χ1) is 10.2. The minimum atomic E-state index is -0.282. The standard InChI is InChI=1S/C14H29N5O3.HI/c1-14(2,3)18-12(21)10-19(5)13(15-4)17-9-11(20)16-7-8-22-6;/h7-10H2,1-6H3,(H,15,17)(H,16,20)(H,18,21);1H. The number of ether oxygens (including phenoxy) is 1. The molecule has 0 atom stereocenters. The molecule has 0 aliphatic rings. The summed E-state index contributed by atoms with van der Waals surface area (Å²) in [6.45, 7) is 6.92. The van der Waals surface area contributed by atoms with Crippen molar-refractivity contribution in [2.45, 2.75) is 26.3 Å². The van der Waals surface area contributed by atoms with Crippen molar-refractivity contribution in [3.05, 3.63) is 0 Å². The van der Waals surface area contributed by atoms with Crippen LogP contribution in [0.1, 0.15) is 20.8 Å². The Morgan fingerprint density at radius 3 is 2.26 bits per heavy atom. The van der Waals surface area contributed by atoms with Crippen LogP contribution in [0, 0.1) is 0 Å². The summed E-state index contributed by atoms with van der Waals surface area (Å²) in [6, 6.07) is 0. The minimum absolute atomic E-state index is 0. The topological polar surface area (TPSA) is 95.1 Å². The van der Waals surface area contributed by atoms with Crippen molar-refractivity contribution in [2.75, 3.05) is 47.4 Å². The van der Waals surface area contributed by atoms with Gasteiger partial charge in [0.15, 0.2) is 5.96 Å². The van der Waals surface area contributed by atoms with E-state index in [1.807, 2.05) is 20.8 Å². The molecule has 9 heteroatoms. The molecule has 0 aromatic rings. The molecule has 2 amide bonds. The average Bonchev–Trinajstić information content (AvgIpc) is 2.37. The van der Waals surface area contributed by atoms with Crippen molar-refractivity contribution in [3.8, 4) is 0 Å². The number of nitrogens with zero attached hydrogens (tertiary/aromatic N) is 2. The minimum Gasteiger partial charge on any atom is -0.383 e. The van der Waals surface area contributed by atoms with Crippen molar-refractivity contribution in [3.63, 3.8) is 0 Å². The van der Waals surface area contributed by atoms with Crippen molar-refractivity contribution in [2.24, 2.45) is 4.99 Å². The van der Waals surface area contributed by atoms with Gasteiger partial charge in [0.05, 0.1) is 19.7 Å².